The summed E-state index contributed by atoms with van der Waals surface area (Å²) < 4.78 is 5.39. The number of phenols is 1. The van der Waals surface area contributed by atoms with Gasteiger partial charge in [0, 0.05) is 11.6 Å². The first-order valence-corrected chi connectivity index (χ1v) is 8.43. The number of nitro groups is 1. The number of phenolic OH excluding ortho intramolecular Hbond substituents is 1. The van der Waals surface area contributed by atoms with Crippen molar-refractivity contribution in [1.29, 1.82) is 0 Å². The molecule has 142 valence electrons. The highest BCUT2D eigenvalue weighted by atomic mass is 16.6. The number of nitrogens with one attached hydrogen (secondary N) is 1. The molecular weight excluding hydrogens is 350 g/mol. The van der Waals surface area contributed by atoms with Crippen LogP contribution in [-0.2, 0) is 4.79 Å². The van der Waals surface area contributed by atoms with E-state index >= 15 is 0 Å². The molecule has 2 aromatic carbocycles. The largest absolute Gasteiger partial charge is 0.502 e. The molecule has 2 N–H and O–H groups in total. The third-order valence-electron chi connectivity index (χ3n) is 4.07. The fourth-order valence-electron chi connectivity index (χ4n) is 2.28. The molecule has 0 aliphatic carbocycles. The minimum Gasteiger partial charge on any atom is -0.502 e. The number of amides is 1. The monoisotopic (exact) mass is 371 g/mol. The number of carbonyl (C=O) groups is 1. The Labute approximate surface area is 156 Å². The summed E-state index contributed by atoms with van der Waals surface area (Å²) >= 11 is 0. The third-order valence-corrected chi connectivity index (χ3v) is 4.07. The molecule has 1 amide bonds. The summed E-state index contributed by atoms with van der Waals surface area (Å²) in [7, 11) is 0. The molecule has 2 aromatic rings. The summed E-state index contributed by atoms with van der Waals surface area (Å²) in [6.45, 7) is 4.02. The highest BCUT2D eigenvalue weighted by molar-refractivity contribution is 5.87. The lowest BCUT2D eigenvalue weighted by atomic mass is 9.99. The van der Waals surface area contributed by atoms with Crippen LogP contribution in [0.1, 0.15) is 37.3 Å². The van der Waals surface area contributed by atoms with Crippen molar-refractivity contribution in [2.75, 3.05) is 6.61 Å². The summed E-state index contributed by atoms with van der Waals surface area (Å²) in [5, 5.41) is 24.2. The number of rotatable bonds is 8. The highest BCUT2D eigenvalue weighted by Gasteiger charge is 2.15. The molecular formula is C19H21N3O5. The van der Waals surface area contributed by atoms with E-state index in [-0.39, 0.29) is 12.2 Å². The van der Waals surface area contributed by atoms with E-state index in [4.69, 9.17) is 4.74 Å². The molecule has 27 heavy (non-hydrogen) atoms. The number of benzene rings is 2. The van der Waals surface area contributed by atoms with Crippen LogP contribution in [0.5, 0.6) is 11.5 Å². The van der Waals surface area contributed by atoms with Gasteiger partial charge in [-0.3, -0.25) is 14.9 Å². The summed E-state index contributed by atoms with van der Waals surface area (Å²) in [5.41, 5.74) is 3.13. The molecule has 0 fully saturated rings. The van der Waals surface area contributed by atoms with Crippen molar-refractivity contribution in [2.24, 2.45) is 5.10 Å². The number of para-hydroxylation sites is 1. The molecule has 1 atom stereocenters. The zero-order chi connectivity index (χ0) is 19.8. The Morgan fingerprint density at radius 3 is 2.67 bits per heavy atom. The van der Waals surface area contributed by atoms with Crippen LogP contribution in [0, 0.1) is 10.1 Å². The molecule has 0 radical (unpaired) electrons. The van der Waals surface area contributed by atoms with Gasteiger partial charge in [0.1, 0.15) is 5.75 Å². The van der Waals surface area contributed by atoms with Crippen LogP contribution in [0.15, 0.2) is 47.6 Å². The predicted molar refractivity (Wildman–Crippen MR) is 101 cm³/mol. The van der Waals surface area contributed by atoms with Gasteiger partial charge in [-0.25, -0.2) is 5.43 Å². The van der Waals surface area contributed by atoms with Crippen LogP contribution in [0.25, 0.3) is 0 Å². The lowest BCUT2D eigenvalue weighted by molar-refractivity contribution is -0.385. The number of nitrogens with zero attached hydrogens (tertiary/aromatic N) is 2. The molecule has 0 aliphatic rings. The number of carbonyl (C=O) groups excluding carboxylic acids is 1. The number of hydrogen-bond donors (Lipinski definition) is 2. The van der Waals surface area contributed by atoms with Crippen molar-refractivity contribution < 1.29 is 19.6 Å². The van der Waals surface area contributed by atoms with E-state index < -0.39 is 22.3 Å². The van der Waals surface area contributed by atoms with Crippen LogP contribution >= 0.6 is 0 Å². The van der Waals surface area contributed by atoms with E-state index in [1.165, 1.54) is 23.8 Å². The van der Waals surface area contributed by atoms with Gasteiger partial charge in [-0.1, -0.05) is 32.0 Å². The molecule has 0 saturated carbocycles. The van der Waals surface area contributed by atoms with Gasteiger partial charge in [-0.05, 0) is 36.1 Å². The molecule has 0 aromatic heterocycles. The number of aromatic hydroxyl groups is 1. The Kier molecular flexibility index (Phi) is 6.87. The van der Waals surface area contributed by atoms with Crippen LogP contribution in [0.4, 0.5) is 5.69 Å². The Hall–Kier alpha value is -3.42. The number of hydrazone groups is 1. The van der Waals surface area contributed by atoms with E-state index in [1.54, 1.807) is 12.1 Å². The maximum Gasteiger partial charge on any atom is 0.311 e. The summed E-state index contributed by atoms with van der Waals surface area (Å²) in [6.07, 6.45) is 2.17. The van der Waals surface area contributed by atoms with Gasteiger partial charge in [0.15, 0.2) is 6.61 Å². The van der Waals surface area contributed by atoms with Crippen LogP contribution in [0.2, 0.25) is 0 Å². The fraction of sp³-hybridized carbons (Fsp3) is 0.263. The zero-order valence-electron chi connectivity index (χ0n) is 15.1. The van der Waals surface area contributed by atoms with E-state index in [1.807, 2.05) is 12.1 Å². The van der Waals surface area contributed by atoms with Crippen LogP contribution in [0.3, 0.4) is 0 Å². The topological polar surface area (TPSA) is 114 Å². The average Bonchev–Trinajstić information content (AvgIpc) is 2.67. The maximum atomic E-state index is 11.8. The first-order chi connectivity index (χ1) is 12.9. The Balaban J connectivity index is 1.87. The van der Waals surface area contributed by atoms with Gasteiger partial charge in [0.05, 0.1) is 11.1 Å². The van der Waals surface area contributed by atoms with Gasteiger partial charge in [-0.2, -0.15) is 5.10 Å². The van der Waals surface area contributed by atoms with Gasteiger partial charge in [-0.15, -0.1) is 0 Å². The van der Waals surface area contributed by atoms with Crippen molar-refractivity contribution in [1.82, 2.24) is 5.43 Å². The predicted octanol–water partition coefficient (Wildman–Crippen LogP) is 3.34. The van der Waals surface area contributed by atoms with Gasteiger partial charge < -0.3 is 9.84 Å². The SMILES string of the molecule is CC[C@@H](C)c1ccc(OCC(=O)N/N=C\c2cccc([N+](=O)[O-])c2O)cc1. The number of ether oxygens (including phenoxy) is 1. The highest BCUT2D eigenvalue weighted by Crippen LogP contribution is 2.27. The van der Waals surface area contributed by atoms with Crippen molar-refractivity contribution in [3.8, 4) is 11.5 Å². The second-order valence-corrected chi connectivity index (χ2v) is 5.93. The minimum atomic E-state index is -0.703. The van der Waals surface area contributed by atoms with Gasteiger partial charge >= 0.3 is 5.69 Å². The first kappa shape index (κ1) is 19.9. The summed E-state index contributed by atoms with van der Waals surface area (Å²) in [6, 6.07) is 11.6. The molecule has 0 heterocycles. The average molecular weight is 371 g/mol. The number of nitro benzene ring substituents is 1. The molecule has 2 rings (SSSR count). The summed E-state index contributed by atoms with van der Waals surface area (Å²) in [4.78, 5) is 21.8. The van der Waals surface area contributed by atoms with Crippen molar-refractivity contribution in [2.45, 2.75) is 26.2 Å². The van der Waals surface area contributed by atoms with Crippen LogP contribution < -0.4 is 10.2 Å². The molecule has 0 aliphatic heterocycles. The van der Waals surface area contributed by atoms with E-state index in [0.29, 0.717) is 11.7 Å². The standard InChI is InChI=1S/C19H21N3O5/c1-3-13(2)14-7-9-16(10-8-14)27-12-18(23)21-20-11-15-5-4-6-17(19(15)24)22(25)26/h4-11,13,24H,3,12H2,1-2H3,(H,21,23)/b20-11-/t13-/m1/s1. The Morgan fingerprint density at radius 2 is 2.04 bits per heavy atom. The van der Waals surface area contributed by atoms with E-state index in [0.717, 1.165) is 12.6 Å². The van der Waals surface area contributed by atoms with Crippen molar-refractivity contribution >= 4 is 17.8 Å². The van der Waals surface area contributed by atoms with Crippen molar-refractivity contribution in [3.05, 3.63) is 63.7 Å². The molecule has 8 nitrogen and oxygen atoms in total. The van der Waals surface area contributed by atoms with E-state index in [2.05, 4.69) is 24.4 Å². The zero-order valence-corrected chi connectivity index (χ0v) is 15.1. The maximum absolute atomic E-state index is 11.8. The molecule has 0 bridgehead atoms. The molecule has 0 spiro atoms. The molecule has 0 unspecified atom stereocenters. The second kappa shape index (κ2) is 9.33. The summed E-state index contributed by atoms with van der Waals surface area (Å²) in [5.74, 6) is 0.0137. The van der Waals surface area contributed by atoms with Crippen LogP contribution in [-0.4, -0.2) is 28.8 Å². The smallest absolute Gasteiger partial charge is 0.311 e. The fourth-order valence-corrected chi connectivity index (χ4v) is 2.28. The normalized spacial score (nSPS) is 11.9. The van der Waals surface area contributed by atoms with Crippen molar-refractivity contribution in [3.63, 3.8) is 0 Å². The van der Waals surface area contributed by atoms with Gasteiger partial charge in [0.2, 0.25) is 5.75 Å². The minimum absolute atomic E-state index is 0.117. The first-order valence-electron chi connectivity index (χ1n) is 8.43. The third kappa shape index (κ3) is 5.53. The lowest BCUT2D eigenvalue weighted by Crippen LogP contribution is -2.24. The Morgan fingerprint density at radius 1 is 1.33 bits per heavy atom. The second-order valence-electron chi connectivity index (χ2n) is 5.93. The number of hydrogen-bond acceptors (Lipinski definition) is 6. The van der Waals surface area contributed by atoms with Gasteiger partial charge in [0.25, 0.3) is 5.91 Å². The quantitative estimate of drug-likeness (QED) is 0.420. The molecule has 0 saturated heterocycles. The lowest BCUT2D eigenvalue weighted by Gasteiger charge is -2.10. The molecule has 8 heteroatoms. The van der Waals surface area contributed by atoms with E-state index in [9.17, 15) is 20.0 Å². The Bertz CT molecular complexity index is 834.